The van der Waals surface area contributed by atoms with Gasteiger partial charge in [-0.05, 0) is 18.2 Å². The average molecular weight is 275 g/mol. The van der Waals surface area contributed by atoms with Gasteiger partial charge in [0.25, 0.3) is 0 Å². The molecule has 2 aromatic rings. The lowest BCUT2D eigenvalue weighted by Gasteiger charge is -2.00. The third-order valence-corrected chi connectivity index (χ3v) is 4.85. The van der Waals surface area contributed by atoms with Crippen LogP contribution in [0.2, 0.25) is 0 Å². The van der Waals surface area contributed by atoms with E-state index in [2.05, 4.69) is 28.3 Å². The van der Waals surface area contributed by atoms with Crippen LogP contribution in [0, 0.1) is 0 Å². The van der Waals surface area contributed by atoms with Crippen LogP contribution in [-0.4, -0.2) is 26.5 Å². The van der Waals surface area contributed by atoms with E-state index in [1.54, 1.807) is 11.8 Å². The van der Waals surface area contributed by atoms with E-state index in [0.717, 1.165) is 29.4 Å². The van der Waals surface area contributed by atoms with Crippen LogP contribution >= 0.6 is 23.5 Å². The molecule has 5 heteroatoms. The van der Waals surface area contributed by atoms with E-state index in [4.69, 9.17) is 0 Å². The van der Waals surface area contributed by atoms with Crippen molar-refractivity contribution in [2.75, 3.05) is 12.3 Å². The molecule has 0 spiro atoms. The summed E-state index contributed by atoms with van der Waals surface area (Å²) in [6, 6.07) is 12.2. The summed E-state index contributed by atoms with van der Waals surface area (Å²) < 4.78 is 3.11. The highest BCUT2D eigenvalue weighted by Gasteiger charge is 2.09. The number of aromatic nitrogens is 2. The lowest BCUT2D eigenvalue weighted by Crippen LogP contribution is -1.95. The Morgan fingerprint density at radius 2 is 2.11 bits per heavy atom. The highest BCUT2D eigenvalue weighted by atomic mass is 32.2. The molecule has 0 bridgehead atoms. The zero-order chi connectivity index (χ0) is 12.2. The van der Waals surface area contributed by atoms with Gasteiger partial charge in [-0.15, -0.1) is 0 Å². The number of benzene rings is 1. The van der Waals surface area contributed by atoms with E-state index in [0.29, 0.717) is 0 Å². The molecule has 0 aliphatic carbocycles. The first-order chi connectivity index (χ1) is 8.92. The molecule has 92 valence electrons. The van der Waals surface area contributed by atoms with E-state index >= 15 is 0 Å². The molecule has 18 heavy (non-hydrogen) atoms. The van der Waals surface area contributed by atoms with Crippen LogP contribution in [0.15, 0.2) is 47.6 Å². The van der Waals surface area contributed by atoms with Gasteiger partial charge in [0.1, 0.15) is 4.38 Å². The Bertz CT molecular complexity index is 548. The van der Waals surface area contributed by atoms with Gasteiger partial charge in [-0.1, -0.05) is 41.7 Å². The molecule has 1 aromatic heterocycles. The summed E-state index contributed by atoms with van der Waals surface area (Å²) in [5.41, 5.74) is 2.19. The maximum Gasteiger partial charge on any atom is 0.125 e. The minimum absolute atomic E-state index is 0.895. The first kappa shape index (κ1) is 11.9. The number of aliphatic imine (C=N–C) groups is 1. The first-order valence-corrected chi connectivity index (χ1v) is 7.79. The first-order valence-electron chi connectivity index (χ1n) is 5.82. The number of hydrogen-bond acceptors (Lipinski definition) is 4. The van der Waals surface area contributed by atoms with Gasteiger partial charge in [-0.3, -0.25) is 4.99 Å². The van der Waals surface area contributed by atoms with Crippen LogP contribution < -0.4 is 0 Å². The number of thioether (sulfide) groups is 2. The minimum Gasteiger partial charge on any atom is -0.271 e. The Kier molecular flexibility index (Phi) is 3.71. The lowest BCUT2D eigenvalue weighted by atomic mass is 10.3. The van der Waals surface area contributed by atoms with Crippen molar-refractivity contribution >= 4 is 27.9 Å². The Morgan fingerprint density at radius 1 is 1.22 bits per heavy atom. The number of hydrogen-bond donors (Lipinski definition) is 0. The molecule has 0 saturated carbocycles. The number of nitrogens with zero attached hydrogens (tertiary/aromatic N) is 3. The normalized spacial score (nSPS) is 14.8. The molecule has 1 aliphatic rings. The van der Waals surface area contributed by atoms with Crippen molar-refractivity contribution in [3.63, 3.8) is 0 Å². The van der Waals surface area contributed by atoms with Crippen LogP contribution in [0.25, 0.3) is 5.69 Å². The zero-order valence-corrected chi connectivity index (χ0v) is 11.5. The molecule has 0 N–H and O–H groups in total. The van der Waals surface area contributed by atoms with Gasteiger partial charge in [0.2, 0.25) is 0 Å². The van der Waals surface area contributed by atoms with E-state index in [1.807, 2.05) is 40.8 Å². The smallest absolute Gasteiger partial charge is 0.125 e. The molecule has 3 rings (SSSR count). The average Bonchev–Trinajstić information content (AvgIpc) is 3.09. The van der Waals surface area contributed by atoms with Gasteiger partial charge < -0.3 is 0 Å². The topological polar surface area (TPSA) is 30.2 Å². The highest BCUT2D eigenvalue weighted by molar-refractivity contribution is 8.38. The largest absolute Gasteiger partial charge is 0.271 e. The molecule has 0 saturated heterocycles. The Hall–Kier alpha value is -1.20. The fraction of sp³-hybridized carbons (Fsp3) is 0.231. The molecule has 0 atom stereocenters. The van der Waals surface area contributed by atoms with E-state index in [9.17, 15) is 0 Å². The molecule has 0 fully saturated rings. The van der Waals surface area contributed by atoms with Crippen molar-refractivity contribution in [3.05, 3.63) is 48.3 Å². The summed E-state index contributed by atoms with van der Waals surface area (Å²) in [6.07, 6.45) is 2.01. The second-order valence-corrected chi connectivity index (χ2v) is 6.18. The molecule has 2 heterocycles. The molecule has 0 unspecified atom stereocenters. The standard InChI is InChI=1S/C13H13N3S2/c1-2-4-12(5-3-1)16-8-6-11(15-16)10-18-13-14-7-9-17-13/h1-6,8H,7,9-10H2. The summed E-state index contributed by atoms with van der Waals surface area (Å²) in [5, 5.41) is 4.57. The van der Waals surface area contributed by atoms with Gasteiger partial charge in [0.05, 0.1) is 17.9 Å². The van der Waals surface area contributed by atoms with E-state index in [1.165, 1.54) is 4.38 Å². The van der Waals surface area contributed by atoms with Gasteiger partial charge in [-0.25, -0.2) is 4.68 Å². The molecule has 0 radical (unpaired) electrons. The molecule has 1 aromatic carbocycles. The number of rotatable bonds is 3. The van der Waals surface area contributed by atoms with Crippen molar-refractivity contribution in [2.24, 2.45) is 4.99 Å². The monoisotopic (exact) mass is 275 g/mol. The molecule has 3 nitrogen and oxygen atoms in total. The fourth-order valence-electron chi connectivity index (χ4n) is 1.70. The van der Waals surface area contributed by atoms with Crippen LogP contribution in [0.5, 0.6) is 0 Å². The third kappa shape index (κ3) is 2.79. The Morgan fingerprint density at radius 3 is 2.89 bits per heavy atom. The summed E-state index contributed by atoms with van der Waals surface area (Å²) in [4.78, 5) is 4.42. The maximum absolute atomic E-state index is 4.57. The molecule has 1 aliphatic heterocycles. The summed E-state index contributed by atoms with van der Waals surface area (Å²) in [6.45, 7) is 0.964. The lowest BCUT2D eigenvalue weighted by molar-refractivity contribution is 0.860. The second-order valence-electron chi connectivity index (χ2n) is 3.87. The van der Waals surface area contributed by atoms with Crippen molar-refractivity contribution in [1.82, 2.24) is 9.78 Å². The quantitative estimate of drug-likeness (QED) is 0.861. The Labute approximate surface area is 115 Å². The molecular weight excluding hydrogens is 262 g/mol. The van der Waals surface area contributed by atoms with Gasteiger partial charge in [0, 0.05) is 17.7 Å². The van der Waals surface area contributed by atoms with E-state index < -0.39 is 0 Å². The third-order valence-electron chi connectivity index (χ3n) is 2.57. The SMILES string of the molecule is c1ccc(-n2ccc(CSC3=NCCS3)n2)cc1. The van der Waals surface area contributed by atoms with Crippen LogP contribution in [0.3, 0.4) is 0 Å². The van der Waals surface area contributed by atoms with Crippen LogP contribution in [0.1, 0.15) is 5.69 Å². The summed E-state index contributed by atoms with van der Waals surface area (Å²) in [5.74, 6) is 2.02. The van der Waals surface area contributed by atoms with Crippen LogP contribution in [0.4, 0.5) is 0 Å². The van der Waals surface area contributed by atoms with Crippen molar-refractivity contribution < 1.29 is 0 Å². The Balaban J connectivity index is 1.66. The predicted molar refractivity (Wildman–Crippen MR) is 79.6 cm³/mol. The van der Waals surface area contributed by atoms with Crippen molar-refractivity contribution in [3.8, 4) is 5.69 Å². The van der Waals surface area contributed by atoms with Crippen LogP contribution in [-0.2, 0) is 5.75 Å². The van der Waals surface area contributed by atoms with Gasteiger partial charge >= 0.3 is 0 Å². The zero-order valence-electron chi connectivity index (χ0n) is 9.82. The summed E-state index contributed by atoms with van der Waals surface area (Å²) in [7, 11) is 0. The summed E-state index contributed by atoms with van der Waals surface area (Å²) >= 11 is 3.63. The van der Waals surface area contributed by atoms with Gasteiger partial charge in [-0.2, -0.15) is 5.10 Å². The van der Waals surface area contributed by atoms with Crippen molar-refractivity contribution in [2.45, 2.75) is 5.75 Å². The van der Waals surface area contributed by atoms with Crippen molar-refractivity contribution in [1.29, 1.82) is 0 Å². The molecular formula is C13H13N3S2. The van der Waals surface area contributed by atoms with Gasteiger partial charge in [0.15, 0.2) is 0 Å². The molecule has 0 amide bonds. The maximum atomic E-state index is 4.57. The number of para-hydroxylation sites is 1. The predicted octanol–water partition coefficient (Wildman–Crippen LogP) is 3.21. The second kappa shape index (κ2) is 5.63. The fourth-order valence-corrected chi connectivity index (χ4v) is 3.61. The minimum atomic E-state index is 0.895. The highest BCUT2D eigenvalue weighted by Crippen LogP contribution is 2.24. The van der Waals surface area contributed by atoms with E-state index in [-0.39, 0.29) is 0 Å².